The van der Waals surface area contributed by atoms with Gasteiger partial charge in [-0.25, -0.2) is 4.79 Å². The van der Waals surface area contributed by atoms with E-state index in [1.165, 1.54) is 0 Å². The third-order valence-corrected chi connectivity index (χ3v) is 7.93. The van der Waals surface area contributed by atoms with Gasteiger partial charge in [0.1, 0.15) is 5.60 Å². The molecule has 0 radical (unpaired) electrons. The Morgan fingerprint density at radius 1 is 1.03 bits per heavy atom. The van der Waals surface area contributed by atoms with E-state index in [1.54, 1.807) is 0 Å². The van der Waals surface area contributed by atoms with Gasteiger partial charge < -0.3 is 20.1 Å². The fraction of sp³-hybridized carbons (Fsp3) is 0.533. The van der Waals surface area contributed by atoms with Crippen LogP contribution in [0.25, 0.3) is 11.1 Å². The lowest BCUT2D eigenvalue weighted by atomic mass is 9.72. The van der Waals surface area contributed by atoms with E-state index in [0.717, 1.165) is 40.4 Å². The number of aliphatic hydroxyl groups is 1. The summed E-state index contributed by atoms with van der Waals surface area (Å²) < 4.78 is 6.40. The zero-order valence-electron chi connectivity index (χ0n) is 22.1. The summed E-state index contributed by atoms with van der Waals surface area (Å²) in [6.45, 7) is 6.62. The number of nitrogens with zero attached hydrogens (tertiary/aromatic N) is 1. The number of amides is 2. The van der Waals surface area contributed by atoms with E-state index in [4.69, 9.17) is 4.74 Å². The van der Waals surface area contributed by atoms with E-state index in [9.17, 15) is 14.7 Å². The number of hydrogen-bond acceptors (Lipinski definition) is 4. The van der Waals surface area contributed by atoms with Crippen molar-refractivity contribution in [3.05, 3.63) is 58.6 Å². The molecule has 1 saturated carbocycles. The molecule has 1 unspecified atom stereocenters. The molecule has 1 aliphatic carbocycles. The monoisotopic (exact) mass is 570 g/mol. The Bertz CT molecular complexity index is 1080. The molecule has 0 spiro atoms. The van der Waals surface area contributed by atoms with Crippen LogP contribution in [0.2, 0.25) is 0 Å². The minimum Gasteiger partial charge on any atom is -0.444 e. The van der Waals surface area contributed by atoms with Crippen LogP contribution in [-0.4, -0.2) is 52.3 Å². The number of benzene rings is 2. The number of alkyl carbamates (subject to hydrolysis) is 1. The lowest BCUT2D eigenvalue weighted by molar-refractivity contribution is -0.142. The molecule has 2 aromatic carbocycles. The van der Waals surface area contributed by atoms with Crippen molar-refractivity contribution in [2.24, 2.45) is 0 Å². The smallest absolute Gasteiger partial charge is 0.407 e. The Balaban J connectivity index is 1.49. The van der Waals surface area contributed by atoms with E-state index >= 15 is 0 Å². The molecule has 1 atom stereocenters. The Kier molecular flexibility index (Phi) is 8.64. The lowest BCUT2D eigenvalue weighted by Gasteiger charge is -2.42. The number of halogens is 1. The predicted molar refractivity (Wildman–Crippen MR) is 149 cm³/mol. The molecule has 0 bridgehead atoms. The third-order valence-electron chi connectivity index (χ3n) is 7.43. The number of piperidine rings is 1. The number of likely N-dealkylation sites (tertiary alicyclic amines) is 1. The SMILES string of the molecule is CC(C)(C)OC(=O)NC1CCN(C(=O)C(c2ccc(-c3cccc(Br)c3)cc2)C2(O)CCCCC2)CC1. The van der Waals surface area contributed by atoms with E-state index in [1.807, 2.05) is 62.1 Å². The van der Waals surface area contributed by atoms with Gasteiger partial charge in [0.05, 0.1) is 11.5 Å². The normalized spacial score (nSPS) is 19.2. The zero-order chi connectivity index (χ0) is 26.6. The molecule has 2 amide bonds. The Morgan fingerprint density at radius 3 is 2.27 bits per heavy atom. The second-order valence-electron chi connectivity index (χ2n) is 11.5. The Labute approximate surface area is 228 Å². The molecule has 1 heterocycles. The molecule has 4 rings (SSSR count). The van der Waals surface area contributed by atoms with Gasteiger partial charge in [-0.05, 0) is 75.3 Å². The number of carbonyl (C=O) groups excluding carboxylic acids is 2. The lowest BCUT2D eigenvalue weighted by Crippen LogP contribution is -2.52. The van der Waals surface area contributed by atoms with Crippen molar-refractivity contribution in [3.8, 4) is 11.1 Å². The molecule has 7 heteroatoms. The first-order valence-electron chi connectivity index (χ1n) is 13.4. The van der Waals surface area contributed by atoms with Gasteiger partial charge in [0, 0.05) is 23.6 Å². The average Bonchev–Trinajstić information content (AvgIpc) is 2.84. The predicted octanol–water partition coefficient (Wildman–Crippen LogP) is 6.41. The molecule has 2 aromatic rings. The van der Waals surface area contributed by atoms with Gasteiger partial charge >= 0.3 is 6.09 Å². The molecular formula is C30H39BrN2O4. The van der Waals surface area contributed by atoms with Gasteiger partial charge in [-0.2, -0.15) is 0 Å². The molecule has 1 aliphatic heterocycles. The molecule has 2 aliphatic rings. The molecule has 37 heavy (non-hydrogen) atoms. The quantitative estimate of drug-likeness (QED) is 0.435. The second-order valence-corrected chi connectivity index (χ2v) is 12.4. The van der Waals surface area contributed by atoms with Crippen LogP contribution < -0.4 is 5.32 Å². The molecule has 2 fully saturated rings. The summed E-state index contributed by atoms with van der Waals surface area (Å²) in [5.74, 6) is -0.616. The maximum absolute atomic E-state index is 14.0. The van der Waals surface area contributed by atoms with E-state index in [-0.39, 0.29) is 11.9 Å². The largest absolute Gasteiger partial charge is 0.444 e. The number of hydrogen-bond donors (Lipinski definition) is 2. The number of ether oxygens (including phenoxy) is 1. The maximum Gasteiger partial charge on any atom is 0.407 e. The summed E-state index contributed by atoms with van der Waals surface area (Å²) in [6, 6.07) is 16.2. The van der Waals surface area contributed by atoms with Crippen molar-refractivity contribution < 1.29 is 19.4 Å². The summed E-state index contributed by atoms with van der Waals surface area (Å²) in [6.07, 6.45) is 5.12. The van der Waals surface area contributed by atoms with Gasteiger partial charge in [-0.15, -0.1) is 0 Å². The first kappa shape index (κ1) is 27.6. The number of nitrogens with one attached hydrogen (secondary N) is 1. The van der Waals surface area contributed by atoms with Crippen LogP contribution in [0.3, 0.4) is 0 Å². The Hall–Kier alpha value is -2.38. The van der Waals surface area contributed by atoms with Gasteiger partial charge in [-0.3, -0.25) is 4.79 Å². The van der Waals surface area contributed by atoms with Crippen LogP contribution in [0.5, 0.6) is 0 Å². The average molecular weight is 572 g/mol. The van der Waals surface area contributed by atoms with E-state index in [0.29, 0.717) is 38.8 Å². The molecular weight excluding hydrogens is 532 g/mol. The molecule has 200 valence electrons. The molecule has 0 aromatic heterocycles. The van der Waals surface area contributed by atoms with Gasteiger partial charge in [0.15, 0.2) is 0 Å². The standard InChI is InChI=1S/C30H39BrN2O4/c1-29(2,3)37-28(35)32-25-14-18-33(19-15-25)27(34)26(30(36)16-5-4-6-17-30)22-12-10-21(11-13-22)23-8-7-9-24(31)20-23/h7-13,20,25-26,36H,4-6,14-19H2,1-3H3,(H,32,35). The topological polar surface area (TPSA) is 78.9 Å². The maximum atomic E-state index is 14.0. The highest BCUT2D eigenvalue weighted by atomic mass is 79.9. The fourth-order valence-corrected chi connectivity index (χ4v) is 5.97. The highest BCUT2D eigenvalue weighted by molar-refractivity contribution is 9.10. The van der Waals surface area contributed by atoms with Crippen molar-refractivity contribution in [1.82, 2.24) is 10.2 Å². The van der Waals surface area contributed by atoms with Crippen molar-refractivity contribution in [2.45, 2.75) is 88.9 Å². The van der Waals surface area contributed by atoms with Gasteiger partial charge in [-0.1, -0.05) is 71.6 Å². The van der Waals surface area contributed by atoms with Gasteiger partial charge in [0.2, 0.25) is 5.91 Å². The number of carbonyl (C=O) groups is 2. The first-order chi connectivity index (χ1) is 17.5. The van der Waals surface area contributed by atoms with Gasteiger partial charge in [0.25, 0.3) is 0 Å². The van der Waals surface area contributed by atoms with Crippen molar-refractivity contribution in [3.63, 3.8) is 0 Å². The summed E-state index contributed by atoms with van der Waals surface area (Å²) >= 11 is 3.54. The highest BCUT2D eigenvalue weighted by Gasteiger charge is 2.45. The van der Waals surface area contributed by atoms with Crippen LogP contribution in [0.1, 0.15) is 77.2 Å². The summed E-state index contributed by atoms with van der Waals surface area (Å²) in [5.41, 5.74) is 1.44. The van der Waals surface area contributed by atoms with Crippen LogP contribution in [-0.2, 0) is 9.53 Å². The van der Waals surface area contributed by atoms with Crippen LogP contribution in [0, 0.1) is 0 Å². The first-order valence-corrected chi connectivity index (χ1v) is 14.2. The minimum atomic E-state index is -1.04. The molecule has 6 nitrogen and oxygen atoms in total. The van der Waals surface area contributed by atoms with Crippen LogP contribution >= 0.6 is 15.9 Å². The van der Waals surface area contributed by atoms with Crippen LogP contribution in [0.15, 0.2) is 53.0 Å². The zero-order valence-corrected chi connectivity index (χ0v) is 23.7. The summed E-state index contributed by atoms with van der Waals surface area (Å²) in [4.78, 5) is 28.0. The Morgan fingerprint density at radius 2 is 1.68 bits per heavy atom. The number of rotatable bonds is 5. The highest BCUT2D eigenvalue weighted by Crippen LogP contribution is 2.42. The van der Waals surface area contributed by atoms with Crippen molar-refractivity contribution in [2.75, 3.05) is 13.1 Å². The van der Waals surface area contributed by atoms with E-state index in [2.05, 4.69) is 33.4 Å². The third kappa shape index (κ3) is 7.14. The molecule has 2 N–H and O–H groups in total. The molecule has 1 saturated heterocycles. The second kappa shape index (κ2) is 11.6. The minimum absolute atomic E-state index is 0.0182. The van der Waals surface area contributed by atoms with Crippen LogP contribution in [0.4, 0.5) is 4.79 Å². The van der Waals surface area contributed by atoms with Crippen molar-refractivity contribution >= 4 is 27.9 Å². The fourth-order valence-electron chi connectivity index (χ4n) is 5.57. The summed E-state index contributed by atoms with van der Waals surface area (Å²) in [7, 11) is 0. The van der Waals surface area contributed by atoms with E-state index < -0.39 is 23.2 Å². The van der Waals surface area contributed by atoms with Crippen molar-refractivity contribution in [1.29, 1.82) is 0 Å². The summed E-state index contributed by atoms with van der Waals surface area (Å²) in [5, 5.41) is 14.7.